The predicted molar refractivity (Wildman–Crippen MR) is 92.0 cm³/mol. The number of carbonyl (C=O) groups is 1. The maximum atomic E-state index is 10.7. The van der Waals surface area contributed by atoms with Gasteiger partial charge in [0.2, 0.25) is 6.41 Å². The zero-order valence-corrected chi connectivity index (χ0v) is 12.7. The van der Waals surface area contributed by atoms with Crippen LogP contribution in [0.1, 0.15) is 12.5 Å². The van der Waals surface area contributed by atoms with Crippen LogP contribution in [-0.2, 0) is 4.79 Å². The predicted octanol–water partition coefficient (Wildman–Crippen LogP) is 3.35. The Morgan fingerprint density at radius 2 is 2.09 bits per heavy atom. The first-order chi connectivity index (χ1) is 10.6. The fourth-order valence-corrected chi connectivity index (χ4v) is 2.08. The molecule has 1 aromatic carbocycles. The Balaban J connectivity index is 2.35. The highest BCUT2D eigenvalue weighted by molar-refractivity contribution is 5.96. The molecule has 0 aliphatic heterocycles. The number of nitrogens with zero attached hydrogens (tertiary/aromatic N) is 1. The lowest BCUT2D eigenvalue weighted by atomic mass is 10.1. The van der Waals surface area contributed by atoms with Crippen molar-refractivity contribution in [2.24, 2.45) is 4.99 Å². The molecule has 22 heavy (non-hydrogen) atoms. The van der Waals surface area contributed by atoms with Gasteiger partial charge in [-0.15, -0.1) is 0 Å². The lowest BCUT2D eigenvalue weighted by molar-refractivity contribution is -0.108. The number of nitrogens with two attached hydrogens (primary N) is 1. The van der Waals surface area contributed by atoms with E-state index in [0.717, 1.165) is 28.2 Å². The number of carbonyl (C=O) groups excluding carboxylic acids is 1. The average molecular weight is 293 g/mol. The van der Waals surface area contributed by atoms with Gasteiger partial charge in [0.1, 0.15) is 0 Å². The number of nitrogens with one attached hydrogen (secondary N) is 1. The molecule has 112 valence electrons. The molecule has 1 aromatic rings. The highest BCUT2D eigenvalue weighted by atomic mass is 16.1. The van der Waals surface area contributed by atoms with E-state index < -0.39 is 0 Å². The summed E-state index contributed by atoms with van der Waals surface area (Å²) in [6.45, 7) is 3.91. The molecular formula is C18H19N3O. The third kappa shape index (κ3) is 4.06. The molecule has 0 atom stereocenters. The van der Waals surface area contributed by atoms with Crippen LogP contribution in [0.25, 0.3) is 0 Å². The van der Waals surface area contributed by atoms with E-state index in [-0.39, 0.29) is 0 Å². The summed E-state index contributed by atoms with van der Waals surface area (Å²) in [4.78, 5) is 15.3. The van der Waals surface area contributed by atoms with Crippen molar-refractivity contribution in [3.05, 3.63) is 71.5 Å². The molecule has 0 saturated carbocycles. The summed E-state index contributed by atoms with van der Waals surface area (Å²) in [6, 6.07) is 5.66. The molecular weight excluding hydrogens is 274 g/mol. The topological polar surface area (TPSA) is 67.5 Å². The number of hydrogen-bond acceptors (Lipinski definition) is 3. The van der Waals surface area contributed by atoms with Crippen LogP contribution in [-0.4, -0.2) is 12.1 Å². The third-order valence-electron chi connectivity index (χ3n) is 3.18. The molecule has 4 heteroatoms. The monoisotopic (exact) mass is 293 g/mol. The van der Waals surface area contributed by atoms with E-state index in [1.807, 2.05) is 68.5 Å². The molecule has 0 spiro atoms. The summed E-state index contributed by atoms with van der Waals surface area (Å²) >= 11 is 0. The molecule has 0 aromatic heterocycles. The summed E-state index contributed by atoms with van der Waals surface area (Å²) in [7, 11) is 0. The molecule has 1 amide bonds. The number of rotatable bonds is 4. The lowest BCUT2D eigenvalue weighted by Crippen LogP contribution is -2.11. The minimum absolute atomic E-state index is 0.668. The van der Waals surface area contributed by atoms with Crippen molar-refractivity contribution >= 4 is 23.5 Å². The Morgan fingerprint density at radius 1 is 1.27 bits per heavy atom. The smallest absolute Gasteiger partial charge is 0.211 e. The largest absolute Gasteiger partial charge is 0.399 e. The van der Waals surface area contributed by atoms with Gasteiger partial charge in [0.15, 0.2) is 0 Å². The number of benzene rings is 1. The number of amides is 1. The number of aliphatic imine (C=N–C) groups is 1. The van der Waals surface area contributed by atoms with Crippen LogP contribution in [0, 0.1) is 6.92 Å². The summed E-state index contributed by atoms with van der Waals surface area (Å²) in [5.41, 5.74) is 10.9. The van der Waals surface area contributed by atoms with Crippen LogP contribution < -0.4 is 11.1 Å². The van der Waals surface area contributed by atoms with Crippen LogP contribution in [0.2, 0.25) is 0 Å². The fourth-order valence-electron chi connectivity index (χ4n) is 2.08. The quantitative estimate of drug-likeness (QED) is 0.508. The van der Waals surface area contributed by atoms with Crippen LogP contribution in [0.4, 0.5) is 11.4 Å². The van der Waals surface area contributed by atoms with Crippen molar-refractivity contribution < 1.29 is 4.79 Å². The van der Waals surface area contributed by atoms with E-state index in [4.69, 9.17) is 5.73 Å². The average Bonchev–Trinajstić information content (AvgIpc) is 2.69. The molecule has 1 aliphatic carbocycles. The summed E-state index contributed by atoms with van der Waals surface area (Å²) in [5, 5.41) is 2.70. The zero-order chi connectivity index (χ0) is 15.9. The van der Waals surface area contributed by atoms with Gasteiger partial charge in [-0.05, 0) is 49.3 Å². The van der Waals surface area contributed by atoms with Gasteiger partial charge in [-0.1, -0.05) is 30.4 Å². The number of hydrogen-bond donors (Lipinski definition) is 2. The van der Waals surface area contributed by atoms with Gasteiger partial charge < -0.3 is 11.1 Å². The van der Waals surface area contributed by atoms with E-state index in [9.17, 15) is 4.79 Å². The van der Waals surface area contributed by atoms with E-state index in [1.54, 1.807) is 0 Å². The second-order valence-electron chi connectivity index (χ2n) is 4.99. The summed E-state index contributed by atoms with van der Waals surface area (Å²) in [6.07, 6.45) is 12.1. The number of aryl methyl sites for hydroxylation is 1. The first kappa shape index (κ1) is 15.5. The van der Waals surface area contributed by atoms with Crippen molar-refractivity contribution in [3.63, 3.8) is 0 Å². The highest BCUT2D eigenvalue weighted by Crippen LogP contribution is 2.22. The number of anilines is 1. The number of nitrogen functional groups attached to an aromatic ring is 1. The Kier molecular flexibility index (Phi) is 5.09. The molecule has 0 heterocycles. The zero-order valence-electron chi connectivity index (χ0n) is 12.7. The van der Waals surface area contributed by atoms with Gasteiger partial charge in [0.05, 0.1) is 5.69 Å². The second kappa shape index (κ2) is 7.22. The first-order valence-corrected chi connectivity index (χ1v) is 6.99. The van der Waals surface area contributed by atoms with Crippen LogP contribution in [0.5, 0.6) is 0 Å². The second-order valence-corrected chi connectivity index (χ2v) is 4.99. The minimum atomic E-state index is 0.668. The molecule has 0 radical (unpaired) electrons. The van der Waals surface area contributed by atoms with E-state index in [1.165, 1.54) is 0 Å². The van der Waals surface area contributed by atoms with E-state index in [2.05, 4.69) is 10.3 Å². The standard InChI is InChI=1S/C18H19N3O/c1-13-8-9-16(19)11-18(13)21-14(2)10-15-6-4-3-5-7-17(15)20-12-22/h3-12H,19H2,1-2H3,(H,20,22)/b15-10+,21-14+. The van der Waals surface area contributed by atoms with Gasteiger partial charge in [0.25, 0.3) is 0 Å². The fraction of sp³-hybridized carbons (Fsp3) is 0.111. The van der Waals surface area contributed by atoms with Crippen molar-refractivity contribution in [2.45, 2.75) is 13.8 Å². The molecule has 0 unspecified atom stereocenters. The normalized spacial score (nSPS) is 16.4. The highest BCUT2D eigenvalue weighted by Gasteiger charge is 2.04. The van der Waals surface area contributed by atoms with Crippen molar-refractivity contribution in [1.29, 1.82) is 0 Å². The Labute approximate surface area is 130 Å². The maximum absolute atomic E-state index is 10.7. The van der Waals surface area contributed by atoms with Crippen molar-refractivity contribution in [3.8, 4) is 0 Å². The van der Waals surface area contributed by atoms with E-state index >= 15 is 0 Å². The van der Waals surface area contributed by atoms with E-state index in [0.29, 0.717) is 12.1 Å². The maximum Gasteiger partial charge on any atom is 0.211 e. The molecule has 0 bridgehead atoms. The molecule has 0 fully saturated rings. The molecule has 3 N–H and O–H groups in total. The van der Waals surface area contributed by atoms with Crippen LogP contribution in [0.15, 0.2) is 70.9 Å². The Hall–Kier alpha value is -2.88. The lowest BCUT2D eigenvalue weighted by Gasteiger charge is -2.07. The van der Waals surface area contributed by atoms with Gasteiger partial charge in [0, 0.05) is 17.1 Å². The van der Waals surface area contributed by atoms with Crippen LogP contribution in [0.3, 0.4) is 0 Å². The van der Waals surface area contributed by atoms with Crippen LogP contribution >= 0.6 is 0 Å². The van der Waals surface area contributed by atoms with Crippen molar-refractivity contribution in [1.82, 2.24) is 5.32 Å². The molecule has 2 rings (SSSR count). The third-order valence-corrected chi connectivity index (χ3v) is 3.18. The van der Waals surface area contributed by atoms with Gasteiger partial charge >= 0.3 is 0 Å². The first-order valence-electron chi connectivity index (χ1n) is 6.99. The van der Waals surface area contributed by atoms with Crippen molar-refractivity contribution in [2.75, 3.05) is 5.73 Å². The molecule has 0 saturated heterocycles. The number of allylic oxidation sites excluding steroid dienone is 6. The Bertz CT molecular complexity index is 722. The minimum Gasteiger partial charge on any atom is -0.399 e. The molecule has 1 aliphatic rings. The summed E-state index contributed by atoms with van der Waals surface area (Å²) < 4.78 is 0. The Morgan fingerprint density at radius 3 is 2.86 bits per heavy atom. The van der Waals surface area contributed by atoms with Gasteiger partial charge in [-0.25, -0.2) is 0 Å². The summed E-state index contributed by atoms with van der Waals surface area (Å²) in [5.74, 6) is 0. The SMILES string of the molecule is CC(/C=C1\C=CC=CC=C1NC=O)=N\c1cc(N)ccc1C. The van der Waals surface area contributed by atoms with Gasteiger partial charge in [-0.2, -0.15) is 0 Å². The molecule has 4 nitrogen and oxygen atoms in total. The van der Waals surface area contributed by atoms with Gasteiger partial charge in [-0.3, -0.25) is 9.79 Å².